The second-order valence-corrected chi connectivity index (χ2v) is 7.73. The minimum absolute atomic E-state index is 0.0352. The molecule has 3 amide bonds. The van der Waals surface area contributed by atoms with Gasteiger partial charge in [0.15, 0.2) is 0 Å². The SMILES string of the molecule is CC[C@H](C)[C@H](NC(=O)c1ccccc1NC(=O)c1ccc(OC)cc1)C(=O)NC(C)C. The molecule has 0 spiro atoms. The first kappa shape index (κ1) is 23.9. The van der Waals surface area contributed by atoms with E-state index in [1.807, 2.05) is 27.7 Å². The maximum atomic E-state index is 13.0. The Morgan fingerprint density at radius 3 is 2.13 bits per heavy atom. The predicted octanol–water partition coefficient (Wildman–Crippen LogP) is 3.62. The average molecular weight is 426 g/mol. The normalized spacial score (nSPS) is 12.6. The van der Waals surface area contributed by atoms with Crippen LogP contribution in [-0.2, 0) is 4.79 Å². The predicted molar refractivity (Wildman–Crippen MR) is 121 cm³/mol. The molecule has 2 rings (SSSR count). The lowest BCUT2D eigenvalue weighted by Gasteiger charge is -2.25. The maximum absolute atomic E-state index is 13.0. The number of benzene rings is 2. The Morgan fingerprint density at radius 1 is 0.903 bits per heavy atom. The smallest absolute Gasteiger partial charge is 0.255 e. The van der Waals surface area contributed by atoms with Crippen molar-refractivity contribution >= 4 is 23.4 Å². The summed E-state index contributed by atoms with van der Waals surface area (Å²) in [5.74, 6) is -0.401. The molecule has 0 saturated heterocycles. The minimum Gasteiger partial charge on any atom is -0.497 e. The van der Waals surface area contributed by atoms with Gasteiger partial charge in [0, 0.05) is 11.6 Å². The quantitative estimate of drug-likeness (QED) is 0.572. The highest BCUT2D eigenvalue weighted by Crippen LogP contribution is 2.19. The van der Waals surface area contributed by atoms with Crippen molar-refractivity contribution in [2.75, 3.05) is 12.4 Å². The van der Waals surface area contributed by atoms with Gasteiger partial charge in [-0.1, -0.05) is 32.4 Å². The van der Waals surface area contributed by atoms with Gasteiger partial charge in [-0.05, 0) is 56.2 Å². The number of para-hydroxylation sites is 1. The van der Waals surface area contributed by atoms with Gasteiger partial charge >= 0.3 is 0 Å². The zero-order chi connectivity index (χ0) is 23.0. The number of rotatable bonds is 9. The Bertz CT molecular complexity index is 909. The Morgan fingerprint density at radius 2 is 1.55 bits per heavy atom. The molecule has 166 valence electrons. The summed E-state index contributed by atoms with van der Waals surface area (Å²) in [4.78, 5) is 38.3. The van der Waals surface area contributed by atoms with Crippen LogP contribution in [0.1, 0.15) is 54.8 Å². The number of ether oxygens (including phenoxy) is 1. The molecule has 0 aliphatic carbocycles. The lowest BCUT2D eigenvalue weighted by Crippen LogP contribution is -2.51. The molecule has 0 unspecified atom stereocenters. The summed E-state index contributed by atoms with van der Waals surface area (Å²) in [6.07, 6.45) is 0.728. The van der Waals surface area contributed by atoms with Crippen molar-refractivity contribution in [1.82, 2.24) is 10.6 Å². The summed E-state index contributed by atoms with van der Waals surface area (Å²) in [6.45, 7) is 7.63. The maximum Gasteiger partial charge on any atom is 0.255 e. The number of hydrogen-bond donors (Lipinski definition) is 3. The van der Waals surface area contributed by atoms with E-state index in [2.05, 4.69) is 16.0 Å². The van der Waals surface area contributed by atoms with Crippen LogP contribution >= 0.6 is 0 Å². The fraction of sp³-hybridized carbons (Fsp3) is 0.375. The number of nitrogens with one attached hydrogen (secondary N) is 3. The van der Waals surface area contributed by atoms with Crippen LogP contribution in [0.25, 0.3) is 0 Å². The van der Waals surface area contributed by atoms with Crippen molar-refractivity contribution in [3.63, 3.8) is 0 Å². The lowest BCUT2D eigenvalue weighted by molar-refractivity contribution is -0.124. The third-order valence-corrected chi connectivity index (χ3v) is 4.99. The molecule has 0 aliphatic rings. The van der Waals surface area contributed by atoms with E-state index >= 15 is 0 Å². The van der Waals surface area contributed by atoms with Crippen molar-refractivity contribution in [2.24, 2.45) is 5.92 Å². The van der Waals surface area contributed by atoms with Gasteiger partial charge in [0.1, 0.15) is 11.8 Å². The number of amides is 3. The molecular weight excluding hydrogens is 394 g/mol. The molecule has 0 bridgehead atoms. The average Bonchev–Trinajstić information content (AvgIpc) is 2.76. The van der Waals surface area contributed by atoms with Crippen LogP contribution < -0.4 is 20.7 Å². The van der Waals surface area contributed by atoms with Crippen LogP contribution in [0, 0.1) is 5.92 Å². The van der Waals surface area contributed by atoms with Crippen LogP contribution in [0.5, 0.6) is 5.75 Å². The molecule has 7 heteroatoms. The van der Waals surface area contributed by atoms with Gasteiger partial charge in [0.25, 0.3) is 11.8 Å². The zero-order valence-electron chi connectivity index (χ0n) is 18.7. The molecule has 2 aromatic rings. The molecule has 31 heavy (non-hydrogen) atoms. The Labute approximate surface area is 183 Å². The number of methoxy groups -OCH3 is 1. The molecule has 2 atom stereocenters. The Kier molecular flexibility index (Phi) is 8.61. The molecule has 0 fully saturated rings. The molecule has 3 N–H and O–H groups in total. The molecule has 0 heterocycles. The van der Waals surface area contributed by atoms with Gasteiger partial charge in [-0.2, -0.15) is 0 Å². The van der Waals surface area contributed by atoms with E-state index < -0.39 is 11.9 Å². The third kappa shape index (κ3) is 6.57. The first-order valence-electron chi connectivity index (χ1n) is 10.4. The minimum atomic E-state index is -0.676. The fourth-order valence-corrected chi connectivity index (χ4v) is 3.02. The van der Waals surface area contributed by atoms with Gasteiger partial charge in [-0.3, -0.25) is 14.4 Å². The summed E-state index contributed by atoms with van der Waals surface area (Å²) >= 11 is 0. The van der Waals surface area contributed by atoms with Gasteiger partial charge in [0.05, 0.1) is 18.4 Å². The third-order valence-electron chi connectivity index (χ3n) is 4.99. The molecule has 2 aromatic carbocycles. The first-order chi connectivity index (χ1) is 14.8. The highest BCUT2D eigenvalue weighted by Gasteiger charge is 2.27. The van der Waals surface area contributed by atoms with Crippen LogP contribution in [0.3, 0.4) is 0 Å². The highest BCUT2D eigenvalue weighted by atomic mass is 16.5. The number of carbonyl (C=O) groups excluding carboxylic acids is 3. The van der Waals surface area contributed by atoms with Gasteiger partial charge in [-0.15, -0.1) is 0 Å². The van der Waals surface area contributed by atoms with Gasteiger partial charge < -0.3 is 20.7 Å². The van der Waals surface area contributed by atoms with E-state index in [-0.39, 0.29) is 29.3 Å². The second kappa shape index (κ2) is 11.2. The zero-order valence-corrected chi connectivity index (χ0v) is 18.7. The molecular formula is C24H31N3O4. The van der Waals surface area contributed by atoms with Crippen LogP contribution in [0.15, 0.2) is 48.5 Å². The van der Waals surface area contributed by atoms with E-state index in [0.717, 1.165) is 6.42 Å². The molecule has 0 saturated carbocycles. The first-order valence-corrected chi connectivity index (χ1v) is 10.4. The monoisotopic (exact) mass is 425 g/mol. The summed E-state index contributed by atoms with van der Waals surface area (Å²) in [6, 6.07) is 12.7. The van der Waals surface area contributed by atoms with Crippen molar-refractivity contribution < 1.29 is 19.1 Å². The number of hydrogen-bond acceptors (Lipinski definition) is 4. The van der Waals surface area contributed by atoms with Crippen molar-refractivity contribution in [3.8, 4) is 5.75 Å². The standard InChI is InChI=1S/C24H31N3O4/c1-6-16(4)21(24(30)25-15(2)3)27-23(29)19-9-7-8-10-20(19)26-22(28)17-11-13-18(31-5)14-12-17/h7-16,21H,6H2,1-5H3,(H,25,30)(H,26,28)(H,27,29)/t16-,21-/m0/s1. The van der Waals surface area contributed by atoms with E-state index in [0.29, 0.717) is 17.0 Å². The summed E-state index contributed by atoms with van der Waals surface area (Å²) in [5, 5.41) is 8.48. The Hall–Kier alpha value is -3.35. The van der Waals surface area contributed by atoms with Gasteiger partial charge in [-0.25, -0.2) is 0 Å². The highest BCUT2D eigenvalue weighted by molar-refractivity contribution is 6.09. The summed E-state index contributed by atoms with van der Waals surface area (Å²) in [5.41, 5.74) is 1.09. The van der Waals surface area contributed by atoms with Crippen molar-refractivity contribution in [3.05, 3.63) is 59.7 Å². The van der Waals surface area contributed by atoms with E-state index in [1.165, 1.54) is 0 Å². The number of anilines is 1. The largest absolute Gasteiger partial charge is 0.497 e. The van der Waals surface area contributed by atoms with Crippen molar-refractivity contribution in [1.29, 1.82) is 0 Å². The van der Waals surface area contributed by atoms with Crippen molar-refractivity contribution in [2.45, 2.75) is 46.2 Å². The van der Waals surface area contributed by atoms with E-state index in [9.17, 15) is 14.4 Å². The fourth-order valence-electron chi connectivity index (χ4n) is 3.02. The van der Waals surface area contributed by atoms with Crippen LogP contribution in [0.4, 0.5) is 5.69 Å². The topological polar surface area (TPSA) is 96.5 Å². The van der Waals surface area contributed by atoms with Crippen LogP contribution in [0.2, 0.25) is 0 Å². The lowest BCUT2D eigenvalue weighted by atomic mass is 9.97. The molecule has 0 aliphatic heterocycles. The van der Waals surface area contributed by atoms with Gasteiger partial charge in [0.2, 0.25) is 5.91 Å². The second-order valence-electron chi connectivity index (χ2n) is 7.73. The Balaban J connectivity index is 2.21. The molecule has 0 radical (unpaired) electrons. The van der Waals surface area contributed by atoms with E-state index in [1.54, 1.807) is 55.6 Å². The van der Waals surface area contributed by atoms with E-state index in [4.69, 9.17) is 4.74 Å². The molecule has 7 nitrogen and oxygen atoms in total. The number of carbonyl (C=O) groups is 3. The molecule has 0 aromatic heterocycles. The summed E-state index contributed by atoms with van der Waals surface area (Å²) < 4.78 is 5.11. The summed E-state index contributed by atoms with van der Waals surface area (Å²) in [7, 11) is 1.55. The van der Waals surface area contributed by atoms with Crippen LogP contribution in [-0.4, -0.2) is 36.9 Å².